The molecule has 2 aromatic heterocycles. The number of hydrogen-bond acceptors (Lipinski definition) is 4. The van der Waals surface area contributed by atoms with Crippen molar-refractivity contribution in [3.8, 4) is 11.4 Å². The summed E-state index contributed by atoms with van der Waals surface area (Å²) in [5.41, 5.74) is 4.12. The van der Waals surface area contributed by atoms with Crippen molar-refractivity contribution in [3.05, 3.63) is 77.1 Å². The number of imidazole rings is 1. The Kier molecular flexibility index (Phi) is 6.02. The molecule has 1 saturated carbocycles. The predicted molar refractivity (Wildman–Crippen MR) is 133 cm³/mol. The molecule has 2 N–H and O–H groups in total. The van der Waals surface area contributed by atoms with E-state index in [-0.39, 0.29) is 17.7 Å². The van der Waals surface area contributed by atoms with Gasteiger partial charge in [-0.05, 0) is 48.7 Å². The summed E-state index contributed by atoms with van der Waals surface area (Å²) in [6.45, 7) is 0.296. The molecule has 2 amide bonds. The average Bonchev–Trinajstić information content (AvgIpc) is 3.14. The van der Waals surface area contributed by atoms with Crippen LogP contribution >= 0.6 is 11.6 Å². The number of pyridine rings is 1. The number of fused-ring (bicyclic) bond motifs is 1. The Labute approximate surface area is 202 Å². The van der Waals surface area contributed by atoms with Crippen LogP contribution < -0.4 is 10.6 Å². The molecule has 2 aromatic carbocycles. The quantitative estimate of drug-likeness (QED) is 0.414. The van der Waals surface area contributed by atoms with Crippen LogP contribution in [0.15, 0.2) is 60.9 Å². The van der Waals surface area contributed by atoms with Crippen LogP contribution in [0.5, 0.6) is 0 Å². The molecule has 34 heavy (non-hydrogen) atoms. The summed E-state index contributed by atoms with van der Waals surface area (Å²) in [4.78, 5) is 34.7. The van der Waals surface area contributed by atoms with Crippen molar-refractivity contribution >= 4 is 40.1 Å². The number of benzene rings is 2. The number of nitrogens with zero attached hydrogens (tertiary/aromatic N) is 3. The van der Waals surface area contributed by atoms with Crippen molar-refractivity contribution < 1.29 is 9.59 Å². The van der Waals surface area contributed by atoms with Crippen LogP contribution in [-0.2, 0) is 18.4 Å². The lowest BCUT2D eigenvalue weighted by Crippen LogP contribution is -2.28. The lowest BCUT2D eigenvalue weighted by Gasteiger charge is -2.24. The molecule has 1 fully saturated rings. The van der Waals surface area contributed by atoms with Gasteiger partial charge in [0.05, 0.1) is 16.7 Å². The molecule has 2 heterocycles. The third-order valence-corrected chi connectivity index (χ3v) is 6.67. The predicted octanol–water partition coefficient (Wildman–Crippen LogP) is 4.96. The summed E-state index contributed by atoms with van der Waals surface area (Å²) < 4.78 is 1.94. The van der Waals surface area contributed by atoms with Gasteiger partial charge in [0.2, 0.25) is 5.91 Å². The van der Waals surface area contributed by atoms with Crippen molar-refractivity contribution in [1.29, 1.82) is 0 Å². The molecule has 7 nitrogen and oxygen atoms in total. The van der Waals surface area contributed by atoms with Gasteiger partial charge < -0.3 is 15.2 Å². The molecular formula is C26H24ClN5O2. The van der Waals surface area contributed by atoms with Crippen LogP contribution in [-0.4, -0.2) is 26.3 Å². The van der Waals surface area contributed by atoms with Gasteiger partial charge in [-0.2, -0.15) is 0 Å². The van der Waals surface area contributed by atoms with Gasteiger partial charge in [0.15, 0.2) is 0 Å². The second-order valence-corrected chi connectivity index (χ2v) is 8.92. The maximum Gasteiger partial charge on any atom is 0.251 e. The van der Waals surface area contributed by atoms with Gasteiger partial charge in [0.25, 0.3) is 5.91 Å². The molecule has 0 aliphatic heterocycles. The first-order valence-electron chi connectivity index (χ1n) is 11.2. The van der Waals surface area contributed by atoms with E-state index in [9.17, 15) is 9.59 Å². The molecule has 8 heteroatoms. The average molecular weight is 474 g/mol. The smallest absolute Gasteiger partial charge is 0.251 e. The van der Waals surface area contributed by atoms with Crippen LogP contribution in [0.4, 0.5) is 5.69 Å². The molecule has 172 valence electrons. The maximum absolute atomic E-state index is 13.1. The zero-order chi connectivity index (χ0) is 23.7. The van der Waals surface area contributed by atoms with Gasteiger partial charge in [0, 0.05) is 48.1 Å². The Morgan fingerprint density at radius 2 is 1.88 bits per heavy atom. The summed E-state index contributed by atoms with van der Waals surface area (Å²) in [6, 6.07) is 14.6. The Bertz CT molecular complexity index is 1380. The highest BCUT2D eigenvalue weighted by atomic mass is 35.5. The van der Waals surface area contributed by atoms with Crippen molar-refractivity contribution in [2.24, 2.45) is 13.0 Å². The van der Waals surface area contributed by atoms with Gasteiger partial charge in [-0.15, -0.1) is 0 Å². The fourth-order valence-corrected chi connectivity index (χ4v) is 4.36. The second kappa shape index (κ2) is 9.27. The standard InChI is InChI=1S/C26H24ClN5O2/c1-32-23-21(30-24(32)16-9-11-28-12-10-16)13-19(14-22(23)31-26(34)17-6-4-7-17)25(33)29-15-18-5-2-3-8-20(18)27/h2-3,5,8-14,17H,4,6-7,15H2,1H3,(H,29,33)(H,31,34). The number of carbonyl (C=O) groups excluding carboxylic acids is 2. The zero-order valence-electron chi connectivity index (χ0n) is 18.7. The van der Waals surface area contributed by atoms with E-state index in [2.05, 4.69) is 15.6 Å². The molecule has 4 aromatic rings. The van der Waals surface area contributed by atoms with E-state index < -0.39 is 0 Å². The molecule has 1 aliphatic rings. The number of hydrogen-bond donors (Lipinski definition) is 2. The van der Waals surface area contributed by atoms with Gasteiger partial charge in [-0.1, -0.05) is 36.2 Å². The zero-order valence-corrected chi connectivity index (χ0v) is 19.5. The molecule has 0 bridgehead atoms. The van der Waals surface area contributed by atoms with E-state index in [1.165, 1.54) is 0 Å². The number of nitrogens with one attached hydrogen (secondary N) is 2. The molecule has 0 saturated heterocycles. The fraction of sp³-hybridized carbons (Fsp3) is 0.231. The number of rotatable bonds is 6. The highest BCUT2D eigenvalue weighted by Gasteiger charge is 2.27. The Morgan fingerprint density at radius 1 is 1.12 bits per heavy atom. The largest absolute Gasteiger partial charge is 0.348 e. The molecule has 0 spiro atoms. The summed E-state index contributed by atoms with van der Waals surface area (Å²) in [5, 5.41) is 6.57. The number of aromatic nitrogens is 3. The summed E-state index contributed by atoms with van der Waals surface area (Å²) in [6.07, 6.45) is 6.26. The van der Waals surface area contributed by atoms with E-state index in [1.807, 2.05) is 41.9 Å². The highest BCUT2D eigenvalue weighted by Crippen LogP contribution is 2.33. The van der Waals surface area contributed by atoms with Gasteiger partial charge in [-0.25, -0.2) is 4.98 Å². The maximum atomic E-state index is 13.1. The minimum atomic E-state index is -0.267. The summed E-state index contributed by atoms with van der Waals surface area (Å²) in [7, 11) is 1.90. The minimum absolute atomic E-state index is 0.0145. The van der Waals surface area contributed by atoms with Crippen molar-refractivity contribution in [3.63, 3.8) is 0 Å². The first-order valence-corrected chi connectivity index (χ1v) is 11.6. The van der Waals surface area contributed by atoms with Gasteiger partial charge >= 0.3 is 0 Å². The van der Waals surface area contributed by atoms with E-state index in [0.29, 0.717) is 28.3 Å². The normalized spacial score (nSPS) is 13.5. The van der Waals surface area contributed by atoms with Gasteiger partial charge in [-0.3, -0.25) is 14.6 Å². The van der Waals surface area contributed by atoms with E-state index in [1.54, 1.807) is 30.6 Å². The fourth-order valence-electron chi connectivity index (χ4n) is 4.16. The lowest BCUT2D eigenvalue weighted by atomic mass is 9.85. The first-order chi connectivity index (χ1) is 16.5. The Morgan fingerprint density at radius 3 is 2.59 bits per heavy atom. The number of carbonyl (C=O) groups is 2. The molecular weight excluding hydrogens is 450 g/mol. The molecule has 1 aliphatic carbocycles. The third kappa shape index (κ3) is 4.26. The number of aryl methyl sites for hydroxylation is 1. The Hall–Kier alpha value is -3.71. The Balaban J connectivity index is 1.52. The molecule has 0 atom stereocenters. The van der Waals surface area contributed by atoms with Crippen molar-refractivity contribution in [2.45, 2.75) is 25.8 Å². The van der Waals surface area contributed by atoms with Crippen LogP contribution in [0, 0.1) is 5.92 Å². The second-order valence-electron chi connectivity index (χ2n) is 8.51. The lowest BCUT2D eigenvalue weighted by molar-refractivity contribution is -0.122. The topological polar surface area (TPSA) is 88.9 Å². The highest BCUT2D eigenvalue weighted by molar-refractivity contribution is 6.31. The summed E-state index contributed by atoms with van der Waals surface area (Å²) in [5.74, 6) is 0.454. The van der Waals surface area contributed by atoms with Crippen LogP contribution in [0.3, 0.4) is 0 Å². The summed E-state index contributed by atoms with van der Waals surface area (Å²) >= 11 is 6.23. The number of amides is 2. The van der Waals surface area contributed by atoms with E-state index in [0.717, 1.165) is 41.7 Å². The van der Waals surface area contributed by atoms with E-state index in [4.69, 9.17) is 16.6 Å². The SMILES string of the molecule is Cn1c(-c2ccncc2)nc2cc(C(=O)NCc3ccccc3Cl)cc(NC(=O)C3CCC3)c21. The third-order valence-electron chi connectivity index (χ3n) is 6.30. The molecule has 0 radical (unpaired) electrons. The monoisotopic (exact) mass is 473 g/mol. The van der Waals surface area contributed by atoms with E-state index >= 15 is 0 Å². The van der Waals surface area contributed by atoms with Crippen LogP contribution in [0.25, 0.3) is 22.4 Å². The minimum Gasteiger partial charge on any atom is -0.348 e. The molecule has 5 rings (SSSR count). The van der Waals surface area contributed by atoms with Crippen molar-refractivity contribution in [2.75, 3.05) is 5.32 Å². The van der Waals surface area contributed by atoms with Crippen LogP contribution in [0.1, 0.15) is 35.2 Å². The number of anilines is 1. The molecule has 0 unspecified atom stereocenters. The van der Waals surface area contributed by atoms with Gasteiger partial charge in [0.1, 0.15) is 5.82 Å². The van der Waals surface area contributed by atoms with Crippen molar-refractivity contribution in [1.82, 2.24) is 19.9 Å². The number of halogens is 1. The van der Waals surface area contributed by atoms with Crippen LogP contribution in [0.2, 0.25) is 5.02 Å². The first kappa shape index (κ1) is 22.1.